The van der Waals surface area contributed by atoms with Gasteiger partial charge in [-0.25, -0.2) is 15.0 Å². The number of halogens is 2. The van der Waals surface area contributed by atoms with Gasteiger partial charge in [0, 0.05) is 18.3 Å². The van der Waals surface area contributed by atoms with Crippen LogP contribution in [0.5, 0.6) is 5.75 Å². The summed E-state index contributed by atoms with van der Waals surface area (Å²) >= 11 is 0. The molecule has 0 saturated heterocycles. The van der Waals surface area contributed by atoms with Crippen LogP contribution in [-0.4, -0.2) is 46.7 Å². The molecule has 0 unspecified atom stereocenters. The summed E-state index contributed by atoms with van der Waals surface area (Å²) in [6, 6.07) is 4.08. The third kappa shape index (κ3) is 5.73. The Kier molecular flexibility index (Phi) is 6.51. The first kappa shape index (κ1) is 19.7. The molecule has 2 heterocycles. The predicted octanol–water partition coefficient (Wildman–Crippen LogP) is 2.63. The summed E-state index contributed by atoms with van der Waals surface area (Å²) in [6.45, 7) is -2.90. The minimum Gasteiger partial charge on any atom is -0.469 e. The van der Waals surface area contributed by atoms with Crippen molar-refractivity contribution in [3.63, 3.8) is 0 Å². The van der Waals surface area contributed by atoms with Crippen LogP contribution in [0, 0.1) is 0 Å². The molecule has 2 N–H and O–H groups in total. The highest BCUT2D eigenvalue weighted by molar-refractivity contribution is 5.72. The van der Waals surface area contributed by atoms with Crippen LogP contribution in [0.3, 0.4) is 0 Å². The monoisotopic (exact) mass is 393 g/mol. The second-order valence-corrected chi connectivity index (χ2v) is 6.42. The summed E-state index contributed by atoms with van der Waals surface area (Å²) in [6.07, 6.45) is 6.97. The topological polar surface area (TPSA) is 98.3 Å². The Hall–Kier alpha value is -3.04. The van der Waals surface area contributed by atoms with Gasteiger partial charge < -0.3 is 20.1 Å². The summed E-state index contributed by atoms with van der Waals surface area (Å²) < 4.78 is 33.1. The van der Waals surface area contributed by atoms with Crippen molar-refractivity contribution in [3.05, 3.63) is 36.3 Å². The number of alkyl halides is 2. The van der Waals surface area contributed by atoms with Crippen molar-refractivity contribution in [2.24, 2.45) is 0 Å². The fourth-order valence-electron chi connectivity index (χ4n) is 3.04. The van der Waals surface area contributed by atoms with E-state index in [1.165, 1.54) is 19.5 Å². The molecule has 2 aromatic rings. The summed E-state index contributed by atoms with van der Waals surface area (Å²) in [7, 11) is 1.35. The van der Waals surface area contributed by atoms with Crippen molar-refractivity contribution >= 4 is 17.7 Å². The quantitative estimate of drug-likeness (QED) is 0.661. The average Bonchev–Trinajstić information content (AvgIpc) is 3.11. The summed E-state index contributed by atoms with van der Waals surface area (Å²) in [5.74, 6) is 0.734. The van der Waals surface area contributed by atoms with E-state index in [-0.39, 0.29) is 30.2 Å². The van der Waals surface area contributed by atoms with Gasteiger partial charge in [-0.1, -0.05) is 6.07 Å². The first-order chi connectivity index (χ1) is 13.5. The van der Waals surface area contributed by atoms with E-state index in [0.717, 1.165) is 30.6 Å². The smallest absolute Gasteiger partial charge is 0.387 e. The maximum atomic E-state index is 12.1. The number of anilines is 2. The number of carbonyl (C=O) groups is 1. The van der Waals surface area contributed by atoms with Gasteiger partial charge in [-0.05, 0) is 30.9 Å². The standard InChI is InChI=1S/C18H21F2N5O3/c1-27-16(26)6-11-2-5-15(21-8-11)24-12-3-4-13(7-12)25-18-22-9-14(10-23-18)28-17(19)20/h2,5,8-10,12-13,17H,3-4,6-7H2,1H3,(H,21,24)(H,22,23,25)/t12-,13-/m0/s1. The zero-order chi connectivity index (χ0) is 19.9. The van der Waals surface area contributed by atoms with Crippen LogP contribution in [0.4, 0.5) is 20.5 Å². The molecule has 28 heavy (non-hydrogen) atoms. The second kappa shape index (κ2) is 9.25. The molecule has 8 nitrogen and oxygen atoms in total. The van der Waals surface area contributed by atoms with Crippen LogP contribution < -0.4 is 15.4 Å². The zero-order valence-electron chi connectivity index (χ0n) is 15.3. The van der Waals surface area contributed by atoms with Crippen molar-refractivity contribution < 1.29 is 23.0 Å². The number of carbonyl (C=O) groups excluding carboxylic acids is 1. The van der Waals surface area contributed by atoms with Gasteiger partial charge in [-0.2, -0.15) is 8.78 Å². The van der Waals surface area contributed by atoms with Crippen molar-refractivity contribution in [2.45, 2.75) is 44.4 Å². The van der Waals surface area contributed by atoms with Crippen molar-refractivity contribution in [3.8, 4) is 5.75 Å². The Bertz CT molecular complexity index is 774. The molecule has 0 bridgehead atoms. The lowest BCUT2D eigenvalue weighted by Gasteiger charge is -2.15. The van der Waals surface area contributed by atoms with Crippen LogP contribution in [0.1, 0.15) is 24.8 Å². The summed E-state index contributed by atoms with van der Waals surface area (Å²) in [4.78, 5) is 23.6. The Labute approximate surface area is 160 Å². The Morgan fingerprint density at radius 1 is 1.14 bits per heavy atom. The normalized spacial score (nSPS) is 18.7. The molecular weight excluding hydrogens is 372 g/mol. The van der Waals surface area contributed by atoms with Gasteiger partial charge in [0.2, 0.25) is 5.95 Å². The lowest BCUT2D eigenvalue weighted by molar-refractivity contribution is -0.139. The molecule has 0 aromatic carbocycles. The number of hydrogen-bond acceptors (Lipinski definition) is 8. The Morgan fingerprint density at radius 2 is 1.86 bits per heavy atom. The lowest BCUT2D eigenvalue weighted by atomic mass is 10.2. The van der Waals surface area contributed by atoms with Gasteiger partial charge >= 0.3 is 12.6 Å². The third-order valence-electron chi connectivity index (χ3n) is 4.37. The molecule has 0 radical (unpaired) electrons. The molecule has 0 amide bonds. The zero-order valence-corrected chi connectivity index (χ0v) is 15.3. The van der Waals surface area contributed by atoms with Gasteiger partial charge in [0.15, 0.2) is 5.75 Å². The highest BCUT2D eigenvalue weighted by Crippen LogP contribution is 2.25. The van der Waals surface area contributed by atoms with E-state index in [0.29, 0.717) is 5.95 Å². The van der Waals surface area contributed by atoms with E-state index in [4.69, 9.17) is 0 Å². The molecule has 0 spiro atoms. The molecule has 2 aromatic heterocycles. The summed E-state index contributed by atoms with van der Waals surface area (Å²) in [5.41, 5.74) is 0.791. The molecule has 1 aliphatic carbocycles. The molecule has 3 rings (SSSR count). The van der Waals surface area contributed by atoms with E-state index in [1.807, 2.05) is 12.1 Å². The SMILES string of the molecule is COC(=O)Cc1ccc(N[C@H]2CC[C@H](Nc3ncc(OC(F)F)cn3)C2)nc1. The largest absolute Gasteiger partial charge is 0.469 e. The molecular formula is C18H21F2N5O3. The number of nitrogens with zero attached hydrogens (tertiary/aromatic N) is 3. The maximum Gasteiger partial charge on any atom is 0.387 e. The van der Waals surface area contributed by atoms with E-state index < -0.39 is 6.61 Å². The lowest BCUT2D eigenvalue weighted by Crippen LogP contribution is -2.22. The highest BCUT2D eigenvalue weighted by atomic mass is 19.3. The van der Waals surface area contributed by atoms with Gasteiger partial charge in [0.1, 0.15) is 5.82 Å². The van der Waals surface area contributed by atoms with Crippen LogP contribution in [0.15, 0.2) is 30.7 Å². The van der Waals surface area contributed by atoms with Gasteiger partial charge in [-0.3, -0.25) is 4.79 Å². The number of hydrogen-bond donors (Lipinski definition) is 2. The average molecular weight is 393 g/mol. The Balaban J connectivity index is 1.46. The summed E-state index contributed by atoms with van der Waals surface area (Å²) in [5, 5.41) is 6.57. The van der Waals surface area contributed by atoms with Gasteiger partial charge in [0.25, 0.3) is 0 Å². The van der Waals surface area contributed by atoms with Crippen molar-refractivity contribution in [1.29, 1.82) is 0 Å². The van der Waals surface area contributed by atoms with Crippen LogP contribution in [0.2, 0.25) is 0 Å². The number of ether oxygens (including phenoxy) is 2. The molecule has 1 saturated carbocycles. The van der Waals surface area contributed by atoms with E-state index >= 15 is 0 Å². The van der Waals surface area contributed by atoms with Crippen molar-refractivity contribution in [2.75, 3.05) is 17.7 Å². The minimum absolute atomic E-state index is 0.0757. The third-order valence-corrected chi connectivity index (χ3v) is 4.37. The predicted molar refractivity (Wildman–Crippen MR) is 97.3 cm³/mol. The number of methoxy groups -OCH3 is 1. The molecule has 1 aliphatic rings. The number of pyridine rings is 1. The van der Waals surface area contributed by atoms with E-state index in [1.54, 1.807) is 6.20 Å². The molecule has 1 fully saturated rings. The molecule has 0 aliphatic heterocycles. The highest BCUT2D eigenvalue weighted by Gasteiger charge is 2.25. The Morgan fingerprint density at radius 3 is 2.46 bits per heavy atom. The number of aromatic nitrogens is 3. The van der Waals surface area contributed by atoms with Crippen LogP contribution >= 0.6 is 0 Å². The second-order valence-electron chi connectivity index (χ2n) is 6.42. The fourth-order valence-corrected chi connectivity index (χ4v) is 3.04. The van der Waals surface area contributed by atoms with Crippen LogP contribution in [0.25, 0.3) is 0 Å². The first-order valence-electron chi connectivity index (χ1n) is 8.83. The van der Waals surface area contributed by atoms with Crippen LogP contribution in [-0.2, 0) is 16.0 Å². The number of rotatable bonds is 8. The van der Waals surface area contributed by atoms with Crippen molar-refractivity contribution in [1.82, 2.24) is 15.0 Å². The van der Waals surface area contributed by atoms with E-state index in [9.17, 15) is 13.6 Å². The van der Waals surface area contributed by atoms with E-state index in [2.05, 4.69) is 35.1 Å². The number of esters is 1. The molecule has 150 valence electrons. The minimum atomic E-state index is -2.90. The fraction of sp³-hybridized carbons (Fsp3) is 0.444. The number of nitrogens with one attached hydrogen (secondary N) is 2. The van der Waals surface area contributed by atoms with Gasteiger partial charge in [0.05, 0.1) is 25.9 Å². The first-order valence-corrected chi connectivity index (χ1v) is 8.83. The molecule has 10 heteroatoms. The molecule has 2 atom stereocenters. The van der Waals surface area contributed by atoms with Gasteiger partial charge in [-0.15, -0.1) is 0 Å². The maximum absolute atomic E-state index is 12.1.